The van der Waals surface area contributed by atoms with E-state index in [1.54, 1.807) is 6.08 Å². The number of aliphatic imine (C=N–C) groups is 1. The topological polar surface area (TPSA) is 66.1 Å². The maximum Gasteiger partial charge on any atom is 0.252 e. The van der Waals surface area contributed by atoms with Crippen LogP contribution in [0.15, 0.2) is 35.2 Å². The van der Waals surface area contributed by atoms with Crippen molar-refractivity contribution in [3.05, 3.63) is 47.3 Å². The highest BCUT2D eigenvalue weighted by Gasteiger charge is 2.32. The van der Waals surface area contributed by atoms with Gasteiger partial charge in [0.25, 0.3) is 5.91 Å². The van der Waals surface area contributed by atoms with E-state index in [1.807, 2.05) is 35.0 Å². The van der Waals surface area contributed by atoms with Gasteiger partial charge < -0.3 is 9.80 Å². The van der Waals surface area contributed by atoms with Crippen molar-refractivity contribution in [3.63, 3.8) is 0 Å². The highest BCUT2D eigenvalue weighted by molar-refractivity contribution is 7.52. The Hall–Kier alpha value is -2.37. The number of carbonyl (C=O) groups excluding carboxylic acids is 1. The quantitative estimate of drug-likeness (QED) is 0.689. The van der Waals surface area contributed by atoms with Gasteiger partial charge in [-0.3, -0.25) is 14.8 Å². The van der Waals surface area contributed by atoms with Crippen molar-refractivity contribution in [2.24, 2.45) is 10.9 Å². The lowest BCUT2D eigenvalue weighted by Gasteiger charge is -2.36. The first kappa shape index (κ1) is 20.5. The lowest BCUT2D eigenvalue weighted by Crippen LogP contribution is -2.39. The van der Waals surface area contributed by atoms with Gasteiger partial charge in [0.15, 0.2) is 0 Å². The molecule has 7 nitrogen and oxygen atoms in total. The van der Waals surface area contributed by atoms with Crippen LogP contribution in [0.5, 0.6) is 0 Å². The zero-order valence-corrected chi connectivity index (χ0v) is 19.4. The molecule has 1 fully saturated rings. The molecule has 0 bridgehead atoms. The second-order valence-corrected chi connectivity index (χ2v) is 9.89. The number of likely N-dealkylation sites (tertiary alicyclic amines) is 1. The van der Waals surface area contributed by atoms with Crippen molar-refractivity contribution >= 4 is 31.5 Å². The predicted molar refractivity (Wildman–Crippen MR) is 125 cm³/mol. The number of rotatable bonds is 4. The third-order valence-corrected chi connectivity index (χ3v) is 7.91. The van der Waals surface area contributed by atoms with E-state index in [9.17, 15) is 4.79 Å². The van der Waals surface area contributed by atoms with Gasteiger partial charge in [-0.25, -0.2) is 4.52 Å². The van der Waals surface area contributed by atoms with E-state index in [2.05, 4.69) is 29.8 Å². The number of aromatic nitrogens is 3. The van der Waals surface area contributed by atoms with Gasteiger partial charge in [-0.15, -0.1) is 0 Å². The number of hydrogen-bond acceptors (Lipinski definition) is 5. The molecular formula is C23H29N6OP. The van der Waals surface area contributed by atoms with Crippen LogP contribution in [0.1, 0.15) is 43.8 Å². The van der Waals surface area contributed by atoms with Crippen molar-refractivity contribution in [3.8, 4) is 0 Å². The molecule has 8 heteroatoms. The molecule has 162 valence electrons. The van der Waals surface area contributed by atoms with E-state index in [0.717, 1.165) is 72.5 Å². The summed E-state index contributed by atoms with van der Waals surface area (Å²) in [6.45, 7) is 9.63. The second kappa shape index (κ2) is 8.29. The molecule has 2 aromatic rings. The first-order valence-corrected chi connectivity index (χ1v) is 12.3. The molecule has 2 unspecified atom stereocenters. The van der Waals surface area contributed by atoms with E-state index < -0.39 is 0 Å². The van der Waals surface area contributed by atoms with Crippen molar-refractivity contribution < 1.29 is 4.79 Å². The van der Waals surface area contributed by atoms with E-state index >= 15 is 0 Å². The Morgan fingerprint density at radius 1 is 1.23 bits per heavy atom. The summed E-state index contributed by atoms with van der Waals surface area (Å²) < 4.78 is 1.90. The largest absolute Gasteiger partial charge is 0.304 e. The third kappa shape index (κ3) is 3.85. The molecule has 0 saturated carbocycles. The minimum Gasteiger partial charge on any atom is -0.304 e. The lowest BCUT2D eigenvalue weighted by molar-refractivity contribution is -0.123. The zero-order chi connectivity index (χ0) is 21.5. The lowest BCUT2D eigenvalue weighted by atomic mass is 9.93. The minimum atomic E-state index is -0.0118. The van der Waals surface area contributed by atoms with Crippen molar-refractivity contribution in [2.75, 3.05) is 19.6 Å². The van der Waals surface area contributed by atoms with Gasteiger partial charge in [0.1, 0.15) is 0 Å². The highest BCUT2D eigenvalue weighted by atomic mass is 31.1. The molecule has 3 aliphatic heterocycles. The van der Waals surface area contributed by atoms with Crippen molar-refractivity contribution in [2.45, 2.75) is 45.8 Å². The molecule has 0 radical (unpaired) electrons. The summed E-state index contributed by atoms with van der Waals surface area (Å²) in [5.74, 6) is 0.459. The van der Waals surface area contributed by atoms with Gasteiger partial charge in [-0.05, 0) is 51.9 Å². The van der Waals surface area contributed by atoms with Crippen LogP contribution in [-0.4, -0.2) is 61.9 Å². The number of amides is 1. The smallest absolute Gasteiger partial charge is 0.252 e. The molecule has 3 aliphatic rings. The van der Waals surface area contributed by atoms with Gasteiger partial charge in [-0.2, -0.15) is 5.10 Å². The number of nitrogens with zero attached hydrogens (tertiary/aromatic N) is 6. The molecule has 1 saturated heterocycles. The molecule has 2 aromatic heterocycles. The maximum absolute atomic E-state index is 13.0. The van der Waals surface area contributed by atoms with Crippen LogP contribution in [-0.2, 0) is 11.2 Å². The van der Waals surface area contributed by atoms with Crippen LogP contribution in [0.2, 0.25) is 0 Å². The number of carbonyl (C=O) groups is 1. The van der Waals surface area contributed by atoms with Crippen molar-refractivity contribution in [1.82, 2.24) is 24.4 Å². The summed E-state index contributed by atoms with van der Waals surface area (Å²) in [7, 11) is 0.428. The van der Waals surface area contributed by atoms with Gasteiger partial charge in [0, 0.05) is 29.7 Å². The normalized spacial score (nSPS) is 23.4. The summed E-state index contributed by atoms with van der Waals surface area (Å²) in [6.07, 6.45) is 10.8. The summed E-state index contributed by atoms with van der Waals surface area (Å²) in [5.41, 5.74) is 4.92. The fraction of sp³-hybridized carbons (Fsp3) is 0.478. The Bertz CT molecular complexity index is 1110. The Balaban J connectivity index is 1.39. The van der Waals surface area contributed by atoms with E-state index in [0.29, 0.717) is 14.5 Å². The van der Waals surface area contributed by atoms with E-state index in [4.69, 9.17) is 10.1 Å². The third-order valence-electron chi connectivity index (χ3n) is 6.48. The van der Waals surface area contributed by atoms with Crippen LogP contribution in [0.25, 0.3) is 10.8 Å². The fourth-order valence-electron chi connectivity index (χ4n) is 4.67. The van der Waals surface area contributed by atoms with Gasteiger partial charge >= 0.3 is 0 Å². The second-order valence-electron chi connectivity index (χ2n) is 8.48. The molecule has 0 aromatic carbocycles. The first-order chi connectivity index (χ1) is 15.1. The molecule has 5 heterocycles. The standard InChI is InChI=1S/C23H29N6OP/c1-4-17-20-10-18(26-29(20)13-15(3)25-17)21-11-22(30)28-14-19(24-12-23(28)31-21)16-6-8-27(5-2)9-7-16/h10-14,16,23,31H,4-9H2,1-3H3. The molecule has 5 rings (SSSR count). The summed E-state index contributed by atoms with van der Waals surface area (Å²) in [6, 6.07) is 2.07. The summed E-state index contributed by atoms with van der Waals surface area (Å²) in [4.78, 5) is 26.8. The Morgan fingerprint density at radius 3 is 2.77 bits per heavy atom. The van der Waals surface area contributed by atoms with Crippen LogP contribution < -0.4 is 0 Å². The van der Waals surface area contributed by atoms with Gasteiger partial charge in [0.2, 0.25) is 0 Å². The molecule has 31 heavy (non-hydrogen) atoms. The maximum atomic E-state index is 13.0. The van der Waals surface area contributed by atoms with E-state index in [1.165, 1.54) is 0 Å². The molecule has 1 amide bonds. The number of hydrogen-bond donors (Lipinski definition) is 0. The molecule has 0 aliphatic carbocycles. The fourth-order valence-corrected chi connectivity index (χ4v) is 5.96. The summed E-state index contributed by atoms with van der Waals surface area (Å²) >= 11 is 0. The van der Waals surface area contributed by atoms with Crippen LogP contribution in [0.3, 0.4) is 0 Å². The molecule has 0 N–H and O–H groups in total. The summed E-state index contributed by atoms with van der Waals surface area (Å²) in [5, 5.41) is 5.76. The average molecular weight is 437 g/mol. The van der Waals surface area contributed by atoms with Crippen molar-refractivity contribution in [1.29, 1.82) is 0 Å². The molecule has 2 atom stereocenters. The van der Waals surface area contributed by atoms with Gasteiger partial charge in [0.05, 0.1) is 40.3 Å². The number of piperidine rings is 1. The first-order valence-electron chi connectivity index (χ1n) is 11.2. The van der Waals surface area contributed by atoms with Crippen LogP contribution >= 0.6 is 8.58 Å². The predicted octanol–water partition coefficient (Wildman–Crippen LogP) is 3.45. The number of allylic oxidation sites excluding steroid dienone is 1. The zero-order valence-electron chi connectivity index (χ0n) is 18.4. The molecular weight excluding hydrogens is 407 g/mol. The average Bonchev–Trinajstić information content (AvgIpc) is 3.22. The number of aryl methyl sites for hydroxylation is 2. The highest BCUT2D eigenvalue weighted by Crippen LogP contribution is 2.43. The Kier molecular flexibility index (Phi) is 5.49. The Labute approximate surface area is 184 Å². The SMILES string of the molecule is CCc1nc(C)cn2nc(C3=CC(=O)N4C=C(C5CCN(CC)CC5)N=CC4P3)cc12. The minimum absolute atomic E-state index is 0.0118. The number of fused-ring (bicyclic) bond motifs is 2. The van der Waals surface area contributed by atoms with E-state index in [-0.39, 0.29) is 11.7 Å². The Morgan fingerprint density at radius 2 is 2.03 bits per heavy atom. The van der Waals surface area contributed by atoms with Gasteiger partial charge in [-0.1, -0.05) is 22.4 Å². The molecule has 0 spiro atoms. The van der Waals surface area contributed by atoms with Crippen LogP contribution in [0, 0.1) is 12.8 Å². The monoisotopic (exact) mass is 436 g/mol. The van der Waals surface area contributed by atoms with Crippen LogP contribution in [0.4, 0.5) is 0 Å².